The van der Waals surface area contributed by atoms with Gasteiger partial charge in [-0.3, -0.25) is 4.68 Å². The van der Waals surface area contributed by atoms with Crippen molar-refractivity contribution >= 4 is 0 Å². The van der Waals surface area contributed by atoms with Crippen LogP contribution in [-0.4, -0.2) is 22.9 Å². The van der Waals surface area contributed by atoms with Gasteiger partial charge in [0.2, 0.25) is 0 Å². The number of rotatable bonds is 6. The lowest BCUT2D eigenvalue weighted by Crippen LogP contribution is -2.15. The topological polar surface area (TPSA) is 29.9 Å². The van der Waals surface area contributed by atoms with Gasteiger partial charge >= 0.3 is 0 Å². The van der Waals surface area contributed by atoms with Gasteiger partial charge in [-0.05, 0) is 58.2 Å². The maximum atomic E-state index is 4.87. The van der Waals surface area contributed by atoms with Gasteiger partial charge in [-0.15, -0.1) is 0 Å². The molecule has 2 rings (SSSR count). The number of aromatic nitrogens is 2. The van der Waals surface area contributed by atoms with Crippen molar-refractivity contribution in [2.45, 2.75) is 78.2 Å². The van der Waals surface area contributed by atoms with Crippen LogP contribution in [0, 0.1) is 13.8 Å². The number of nitrogens with zero attached hydrogens (tertiary/aromatic N) is 2. The fraction of sp³-hybridized carbons (Fsp3) is 0.824. The average Bonchev–Trinajstić information content (AvgIpc) is 2.65. The van der Waals surface area contributed by atoms with Gasteiger partial charge in [0.25, 0.3) is 0 Å². The van der Waals surface area contributed by atoms with Crippen molar-refractivity contribution in [3.8, 4) is 0 Å². The third-order valence-corrected chi connectivity index (χ3v) is 4.68. The normalized spacial score (nSPS) is 17.4. The van der Waals surface area contributed by atoms with Crippen molar-refractivity contribution in [1.82, 2.24) is 15.1 Å². The summed E-state index contributed by atoms with van der Waals surface area (Å²) in [5, 5.41) is 8.28. The zero-order valence-electron chi connectivity index (χ0n) is 13.5. The lowest BCUT2D eigenvalue weighted by molar-refractivity contribution is 0.396. The van der Waals surface area contributed by atoms with E-state index in [-0.39, 0.29) is 0 Å². The molecule has 1 aromatic heterocycles. The summed E-state index contributed by atoms with van der Waals surface area (Å²) < 4.78 is 2.35. The lowest BCUT2D eigenvalue weighted by Gasteiger charge is -2.17. The molecular weight excluding hydrogens is 246 g/mol. The van der Waals surface area contributed by atoms with E-state index >= 15 is 0 Å². The largest absolute Gasteiger partial charge is 0.317 e. The lowest BCUT2D eigenvalue weighted by atomic mass is 10.1. The molecule has 0 amide bonds. The summed E-state index contributed by atoms with van der Waals surface area (Å²) in [5.41, 5.74) is 4.17. The van der Waals surface area contributed by atoms with Gasteiger partial charge in [0, 0.05) is 5.69 Å². The Morgan fingerprint density at radius 2 is 1.85 bits per heavy atom. The first kappa shape index (κ1) is 15.6. The minimum atomic E-state index is 0.652. The van der Waals surface area contributed by atoms with Crippen molar-refractivity contribution in [3.05, 3.63) is 17.0 Å². The second kappa shape index (κ2) is 7.82. The van der Waals surface area contributed by atoms with E-state index in [1.165, 1.54) is 61.9 Å². The van der Waals surface area contributed by atoms with E-state index in [9.17, 15) is 0 Å². The molecule has 1 aromatic rings. The van der Waals surface area contributed by atoms with Crippen LogP contribution in [0.3, 0.4) is 0 Å². The van der Waals surface area contributed by atoms with Crippen molar-refractivity contribution in [3.63, 3.8) is 0 Å². The highest BCUT2D eigenvalue weighted by Gasteiger charge is 2.19. The monoisotopic (exact) mass is 277 g/mol. The molecule has 20 heavy (non-hydrogen) atoms. The molecule has 0 unspecified atom stereocenters. The van der Waals surface area contributed by atoms with Crippen LogP contribution in [0.1, 0.15) is 74.9 Å². The number of aryl methyl sites for hydroxylation is 1. The molecule has 0 saturated heterocycles. The van der Waals surface area contributed by atoms with Crippen molar-refractivity contribution in [2.24, 2.45) is 0 Å². The Bertz CT molecular complexity index is 401. The van der Waals surface area contributed by atoms with E-state index in [0.717, 1.165) is 19.5 Å². The van der Waals surface area contributed by atoms with Crippen LogP contribution in [0.25, 0.3) is 0 Å². The van der Waals surface area contributed by atoms with Crippen molar-refractivity contribution in [1.29, 1.82) is 0 Å². The minimum Gasteiger partial charge on any atom is -0.317 e. The van der Waals surface area contributed by atoms with Gasteiger partial charge in [0.05, 0.1) is 11.7 Å². The summed E-state index contributed by atoms with van der Waals surface area (Å²) in [6.07, 6.45) is 10.6. The molecule has 1 heterocycles. The average molecular weight is 277 g/mol. The molecule has 0 bridgehead atoms. The van der Waals surface area contributed by atoms with Crippen molar-refractivity contribution in [2.75, 3.05) is 13.1 Å². The van der Waals surface area contributed by atoms with E-state index in [1.807, 2.05) is 0 Å². The Morgan fingerprint density at radius 3 is 2.50 bits per heavy atom. The van der Waals surface area contributed by atoms with Crippen LogP contribution in [-0.2, 0) is 6.42 Å². The number of nitrogens with one attached hydrogen (secondary N) is 1. The second-order valence-electron chi connectivity index (χ2n) is 6.20. The Morgan fingerprint density at radius 1 is 1.15 bits per heavy atom. The molecule has 114 valence electrons. The zero-order valence-corrected chi connectivity index (χ0v) is 13.5. The van der Waals surface area contributed by atoms with Crippen LogP contribution in [0.15, 0.2) is 0 Å². The van der Waals surface area contributed by atoms with Gasteiger partial charge in [-0.1, -0.05) is 32.6 Å². The zero-order chi connectivity index (χ0) is 14.4. The fourth-order valence-electron chi connectivity index (χ4n) is 3.48. The molecule has 0 radical (unpaired) electrons. The van der Waals surface area contributed by atoms with Crippen LogP contribution in [0.2, 0.25) is 0 Å². The maximum absolute atomic E-state index is 4.87. The maximum Gasteiger partial charge on any atom is 0.0628 e. The summed E-state index contributed by atoms with van der Waals surface area (Å²) in [4.78, 5) is 0. The molecule has 0 aliphatic heterocycles. The smallest absolute Gasteiger partial charge is 0.0628 e. The summed E-state index contributed by atoms with van der Waals surface area (Å²) in [7, 11) is 0. The molecule has 1 N–H and O–H groups in total. The van der Waals surface area contributed by atoms with Crippen LogP contribution < -0.4 is 5.32 Å². The van der Waals surface area contributed by atoms with E-state index in [1.54, 1.807) is 0 Å². The highest BCUT2D eigenvalue weighted by molar-refractivity contribution is 5.25. The van der Waals surface area contributed by atoms with Gasteiger partial charge in [0.15, 0.2) is 0 Å². The SMILES string of the molecule is CCNCCCc1c(C)nn(C2CCCCCC2)c1C. The molecule has 0 spiro atoms. The Balaban J connectivity index is 2.03. The summed E-state index contributed by atoms with van der Waals surface area (Å²) in [6.45, 7) is 8.81. The predicted molar refractivity (Wildman–Crippen MR) is 85.3 cm³/mol. The molecular formula is C17H31N3. The first-order valence-corrected chi connectivity index (χ1v) is 8.49. The summed E-state index contributed by atoms with van der Waals surface area (Å²) in [5.74, 6) is 0. The highest BCUT2D eigenvalue weighted by atomic mass is 15.3. The molecule has 1 saturated carbocycles. The molecule has 1 fully saturated rings. The molecule has 3 heteroatoms. The third-order valence-electron chi connectivity index (χ3n) is 4.68. The van der Waals surface area contributed by atoms with Gasteiger partial charge < -0.3 is 5.32 Å². The number of hydrogen-bond acceptors (Lipinski definition) is 2. The standard InChI is InChI=1S/C17H31N3/c1-4-18-13-9-12-17-14(2)19-20(15(17)3)16-10-7-5-6-8-11-16/h16,18H,4-13H2,1-3H3. The Labute approximate surface area is 124 Å². The Kier molecular flexibility index (Phi) is 6.08. The van der Waals surface area contributed by atoms with Gasteiger partial charge in [0.1, 0.15) is 0 Å². The second-order valence-corrected chi connectivity index (χ2v) is 6.20. The van der Waals surface area contributed by atoms with E-state index in [2.05, 4.69) is 30.8 Å². The highest BCUT2D eigenvalue weighted by Crippen LogP contribution is 2.29. The first-order chi connectivity index (χ1) is 9.74. The van der Waals surface area contributed by atoms with E-state index in [0.29, 0.717) is 6.04 Å². The molecule has 0 atom stereocenters. The molecule has 0 aromatic carbocycles. The van der Waals surface area contributed by atoms with E-state index in [4.69, 9.17) is 5.10 Å². The molecule has 1 aliphatic carbocycles. The quantitative estimate of drug-likeness (QED) is 0.630. The van der Waals surface area contributed by atoms with E-state index < -0.39 is 0 Å². The fourth-order valence-corrected chi connectivity index (χ4v) is 3.48. The van der Waals surface area contributed by atoms with Crippen molar-refractivity contribution < 1.29 is 0 Å². The first-order valence-electron chi connectivity index (χ1n) is 8.49. The molecule has 3 nitrogen and oxygen atoms in total. The van der Waals surface area contributed by atoms with Gasteiger partial charge in [-0.25, -0.2) is 0 Å². The number of hydrogen-bond donors (Lipinski definition) is 1. The summed E-state index contributed by atoms with van der Waals surface area (Å²) >= 11 is 0. The summed E-state index contributed by atoms with van der Waals surface area (Å²) in [6, 6.07) is 0.652. The third kappa shape index (κ3) is 3.85. The molecule has 1 aliphatic rings. The predicted octanol–water partition coefficient (Wildman–Crippen LogP) is 3.94. The Hall–Kier alpha value is -0.830. The van der Waals surface area contributed by atoms with Gasteiger partial charge in [-0.2, -0.15) is 5.10 Å². The van der Waals surface area contributed by atoms with Crippen LogP contribution >= 0.6 is 0 Å². The van der Waals surface area contributed by atoms with Crippen LogP contribution in [0.5, 0.6) is 0 Å². The minimum absolute atomic E-state index is 0.652. The van der Waals surface area contributed by atoms with Crippen LogP contribution in [0.4, 0.5) is 0 Å².